The number of nitrogens with zero attached hydrogens (tertiary/aromatic N) is 1. The second-order valence-electron chi connectivity index (χ2n) is 5.80. The first-order valence-electron chi connectivity index (χ1n) is 7.46. The fraction of sp³-hybridized carbons (Fsp3) is 0.333. The van der Waals surface area contributed by atoms with Gasteiger partial charge in [-0.15, -0.1) is 0 Å². The molecule has 0 amide bonds. The van der Waals surface area contributed by atoms with Crippen LogP contribution in [0, 0.1) is 6.92 Å². The first-order chi connectivity index (χ1) is 10.1. The van der Waals surface area contributed by atoms with E-state index >= 15 is 0 Å². The highest BCUT2D eigenvalue weighted by atomic mass is 35.5. The van der Waals surface area contributed by atoms with Gasteiger partial charge in [-0.3, -0.25) is 0 Å². The number of rotatable bonds is 3. The van der Waals surface area contributed by atoms with Crippen molar-refractivity contribution in [3.8, 4) is 0 Å². The van der Waals surface area contributed by atoms with Gasteiger partial charge in [0.05, 0.1) is 0 Å². The van der Waals surface area contributed by atoms with Crippen LogP contribution in [0.2, 0.25) is 5.02 Å². The molecule has 0 saturated heterocycles. The molecular formula is C18H21ClN2. The van der Waals surface area contributed by atoms with Crippen LogP contribution in [-0.2, 0) is 13.0 Å². The maximum Gasteiger partial charge on any atom is 0.0410 e. The summed E-state index contributed by atoms with van der Waals surface area (Å²) in [6, 6.07) is 12.8. The van der Waals surface area contributed by atoms with Gasteiger partial charge < -0.3 is 10.2 Å². The molecule has 1 aliphatic rings. The van der Waals surface area contributed by atoms with Crippen molar-refractivity contribution >= 4 is 23.0 Å². The number of fused-ring (bicyclic) bond motifs is 1. The second-order valence-corrected chi connectivity index (χ2v) is 6.24. The smallest absolute Gasteiger partial charge is 0.0410 e. The molecule has 0 fully saturated rings. The van der Waals surface area contributed by atoms with E-state index in [0.29, 0.717) is 0 Å². The quantitative estimate of drug-likeness (QED) is 0.888. The van der Waals surface area contributed by atoms with Gasteiger partial charge in [0.25, 0.3) is 0 Å². The SMILES string of the molecule is Cc1cc(Cl)ccc1NCc1ccc2c(c1)CCCN2C. The molecule has 3 heteroatoms. The summed E-state index contributed by atoms with van der Waals surface area (Å²) in [5.74, 6) is 0. The van der Waals surface area contributed by atoms with Gasteiger partial charge in [-0.1, -0.05) is 23.7 Å². The van der Waals surface area contributed by atoms with Crippen molar-refractivity contribution in [2.45, 2.75) is 26.3 Å². The van der Waals surface area contributed by atoms with E-state index in [1.165, 1.54) is 35.2 Å². The molecule has 0 unspecified atom stereocenters. The average molecular weight is 301 g/mol. The molecule has 0 bridgehead atoms. The number of nitrogens with one attached hydrogen (secondary N) is 1. The summed E-state index contributed by atoms with van der Waals surface area (Å²) in [6.45, 7) is 4.09. The number of anilines is 2. The summed E-state index contributed by atoms with van der Waals surface area (Å²) in [7, 11) is 2.17. The Bertz CT molecular complexity index is 652. The molecule has 3 rings (SSSR count). The van der Waals surface area contributed by atoms with Crippen molar-refractivity contribution in [1.82, 2.24) is 0 Å². The Labute approximate surface area is 131 Å². The molecule has 0 saturated carbocycles. The van der Waals surface area contributed by atoms with Gasteiger partial charge >= 0.3 is 0 Å². The first kappa shape index (κ1) is 14.3. The number of aryl methyl sites for hydroxylation is 2. The number of hydrogen-bond donors (Lipinski definition) is 1. The van der Waals surface area contributed by atoms with Crippen LogP contribution in [0.3, 0.4) is 0 Å². The molecule has 110 valence electrons. The normalized spacial score (nSPS) is 14.0. The number of benzene rings is 2. The van der Waals surface area contributed by atoms with Crippen LogP contribution in [0.1, 0.15) is 23.1 Å². The van der Waals surface area contributed by atoms with E-state index in [1.807, 2.05) is 18.2 Å². The molecule has 21 heavy (non-hydrogen) atoms. The van der Waals surface area contributed by atoms with Crippen LogP contribution < -0.4 is 10.2 Å². The molecule has 1 aliphatic heterocycles. The third-order valence-electron chi connectivity index (χ3n) is 4.17. The zero-order valence-corrected chi connectivity index (χ0v) is 13.4. The van der Waals surface area contributed by atoms with Crippen LogP contribution in [-0.4, -0.2) is 13.6 Å². The largest absolute Gasteiger partial charge is 0.381 e. The van der Waals surface area contributed by atoms with Gasteiger partial charge in [-0.05, 0) is 60.7 Å². The minimum Gasteiger partial charge on any atom is -0.381 e. The van der Waals surface area contributed by atoms with Crippen LogP contribution in [0.4, 0.5) is 11.4 Å². The fourth-order valence-electron chi connectivity index (χ4n) is 2.97. The van der Waals surface area contributed by atoms with Crippen LogP contribution in [0.15, 0.2) is 36.4 Å². The molecule has 2 aromatic rings. The maximum atomic E-state index is 5.99. The van der Waals surface area contributed by atoms with E-state index in [9.17, 15) is 0 Å². The lowest BCUT2D eigenvalue weighted by molar-refractivity contribution is 0.743. The minimum absolute atomic E-state index is 0.787. The zero-order valence-electron chi connectivity index (χ0n) is 12.6. The van der Waals surface area contributed by atoms with E-state index < -0.39 is 0 Å². The highest BCUT2D eigenvalue weighted by molar-refractivity contribution is 6.30. The Morgan fingerprint density at radius 2 is 2.05 bits per heavy atom. The fourth-order valence-corrected chi connectivity index (χ4v) is 3.20. The first-order valence-corrected chi connectivity index (χ1v) is 7.84. The van der Waals surface area contributed by atoms with Gasteiger partial charge in [0.15, 0.2) is 0 Å². The summed E-state index contributed by atoms with van der Waals surface area (Å²) in [4.78, 5) is 2.35. The predicted molar refractivity (Wildman–Crippen MR) is 91.5 cm³/mol. The monoisotopic (exact) mass is 300 g/mol. The van der Waals surface area contributed by atoms with Crippen molar-refractivity contribution in [3.63, 3.8) is 0 Å². The Hall–Kier alpha value is -1.67. The molecular weight excluding hydrogens is 280 g/mol. The lowest BCUT2D eigenvalue weighted by Crippen LogP contribution is -2.24. The summed E-state index contributed by atoms with van der Waals surface area (Å²) in [5.41, 5.74) is 6.51. The summed E-state index contributed by atoms with van der Waals surface area (Å²) < 4.78 is 0. The van der Waals surface area contributed by atoms with Gasteiger partial charge in [0.1, 0.15) is 0 Å². The number of hydrogen-bond acceptors (Lipinski definition) is 2. The second kappa shape index (κ2) is 5.98. The summed E-state index contributed by atoms with van der Waals surface area (Å²) in [6.07, 6.45) is 2.43. The van der Waals surface area contributed by atoms with Crippen LogP contribution in [0.5, 0.6) is 0 Å². The van der Waals surface area contributed by atoms with Gasteiger partial charge in [0, 0.05) is 36.5 Å². The highest BCUT2D eigenvalue weighted by Gasteiger charge is 2.13. The summed E-state index contributed by atoms with van der Waals surface area (Å²) in [5, 5.41) is 4.29. The van der Waals surface area contributed by atoms with E-state index in [2.05, 4.69) is 42.4 Å². The standard InChI is InChI=1S/C18H21ClN2/c1-13-10-16(19)6-7-17(13)20-12-14-5-8-18-15(11-14)4-3-9-21(18)2/h5-8,10-11,20H,3-4,9,12H2,1-2H3. The molecule has 1 N–H and O–H groups in total. The topological polar surface area (TPSA) is 15.3 Å². The lowest BCUT2D eigenvalue weighted by Gasteiger charge is -2.28. The molecule has 0 aliphatic carbocycles. The molecule has 2 nitrogen and oxygen atoms in total. The van der Waals surface area contributed by atoms with Crippen molar-refractivity contribution < 1.29 is 0 Å². The van der Waals surface area contributed by atoms with E-state index in [-0.39, 0.29) is 0 Å². The lowest BCUT2D eigenvalue weighted by atomic mass is 9.99. The van der Waals surface area contributed by atoms with Crippen molar-refractivity contribution in [2.24, 2.45) is 0 Å². The third-order valence-corrected chi connectivity index (χ3v) is 4.40. The third kappa shape index (κ3) is 3.16. The predicted octanol–water partition coefficient (Wildman–Crippen LogP) is 4.64. The molecule has 0 atom stereocenters. The molecule has 0 spiro atoms. The van der Waals surface area contributed by atoms with E-state index in [0.717, 1.165) is 23.8 Å². The Morgan fingerprint density at radius 3 is 2.86 bits per heavy atom. The maximum absolute atomic E-state index is 5.99. The summed E-state index contributed by atoms with van der Waals surface area (Å²) >= 11 is 5.99. The molecule has 0 aromatic heterocycles. The van der Waals surface area contributed by atoms with Gasteiger partial charge in [-0.2, -0.15) is 0 Å². The highest BCUT2D eigenvalue weighted by Crippen LogP contribution is 2.27. The number of halogens is 1. The van der Waals surface area contributed by atoms with Crippen LogP contribution >= 0.6 is 11.6 Å². The van der Waals surface area contributed by atoms with Crippen molar-refractivity contribution in [1.29, 1.82) is 0 Å². The molecule has 2 aromatic carbocycles. The van der Waals surface area contributed by atoms with Gasteiger partial charge in [-0.25, -0.2) is 0 Å². The Balaban J connectivity index is 1.73. The Kier molecular flexibility index (Phi) is 4.07. The van der Waals surface area contributed by atoms with Crippen LogP contribution in [0.25, 0.3) is 0 Å². The average Bonchev–Trinajstić information content (AvgIpc) is 2.46. The van der Waals surface area contributed by atoms with E-state index in [4.69, 9.17) is 11.6 Å². The van der Waals surface area contributed by atoms with Crippen molar-refractivity contribution in [2.75, 3.05) is 23.8 Å². The van der Waals surface area contributed by atoms with E-state index in [1.54, 1.807) is 0 Å². The molecule has 0 radical (unpaired) electrons. The Morgan fingerprint density at radius 1 is 1.19 bits per heavy atom. The minimum atomic E-state index is 0.787. The van der Waals surface area contributed by atoms with Gasteiger partial charge in [0.2, 0.25) is 0 Å². The van der Waals surface area contributed by atoms with Crippen molar-refractivity contribution in [3.05, 3.63) is 58.1 Å². The molecule has 1 heterocycles. The zero-order chi connectivity index (χ0) is 14.8.